The van der Waals surface area contributed by atoms with Crippen LogP contribution in [-0.4, -0.2) is 34.7 Å². The molecule has 1 unspecified atom stereocenters. The third-order valence-electron chi connectivity index (χ3n) is 6.82. The van der Waals surface area contributed by atoms with E-state index in [2.05, 4.69) is 9.97 Å². The summed E-state index contributed by atoms with van der Waals surface area (Å²) in [6.45, 7) is 1.30. The van der Waals surface area contributed by atoms with Crippen LogP contribution in [0.15, 0.2) is 54.9 Å². The van der Waals surface area contributed by atoms with Crippen molar-refractivity contribution in [3.8, 4) is 0 Å². The average Bonchev–Trinajstić information content (AvgIpc) is 3.68. The second kappa shape index (κ2) is 9.04. The molecular formula is C25H26F3N5O2S. The highest BCUT2D eigenvalue weighted by Gasteiger charge is 2.52. The lowest BCUT2D eigenvalue weighted by Gasteiger charge is -2.35. The van der Waals surface area contributed by atoms with Crippen molar-refractivity contribution in [2.24, 2.45) is 0 Å². The fourth-order valence-electron chi connectivity index (χ4n) is 4.86. The average molecular weight is 518 g/mol. The van der Waals surface area contributed by atoms with Gasteiger partial charge in [0, 0.05) is 18.8 Å². The maximum atomic E-state index is 13.8. The number of nitrogens with zero attached hydrogens (tertiary/aromatic N) is 4. The zero-order chi connectivity index (χ0) is 25.7. The molecule has 36 heavy (non-hydrogen) atoms. The van der Waals surface area contributed by atoms with Crippen molar-refractivity contribution in [2.75, 3.05) is 17.2 Å². The first kappa shape index (κ1) is 24.5. The first-order chi connectivity index (χ1) is 17.1. The molecule has 11 heteroatoms. The van der Waals surface area contributed by atoms with Gasteiger partial charge in [0.1, 0.15) is 5.82 Å². The summed E-state index contributed by atoms with van der Waals surface area (Å²) in [6.07, 6.45) is 4.80. The molecule has 2 aromatic carbocycles. The molecule has 0 bridgehead atoms. The van der Waals surface area contributed by atoms with Gasteiger partial charge in [-0.2, -0.15) is 17.5 Å². The number of aromatic nitrogens is 2. The third kappa shape index (κ3) is 4.53. The predicted molar refractivity (Wildman–Crippen MR) is 130 cm³/mol. The molecule has 2 aliphatic rings. The van der Waals surface area contributed by atoms with E-state index in [4.69, 9.17) is 5.73 Å². The summed E-state index contributed by atoms with van der Waals surface area (Å²) < 4.78 is 67.6. The molecule has 7 nitrogen and oxygen atoms in total. The van der Waals surface area contributed by atoms with Crippen molar-refractivity contribution >= 4 is 21.4 Å². The van der Waals surface area contributed by atoms with E-state index in [1.165, 1.54) is 12.4 Å². The molecule has 190 valence electrons. The van der Waals surface area contributed by atoms with Gasteiger partial charge in [-0.15, -0.1) is 0 Å². The number of aryl methyl sites for hydroxylation is 1. The summed E-state index contributed by atoms with van der Waals surface area (Å²) in [7, 11) is -5.58. The van der Waals surface area contributed by atoms with Gasteiger partial charge in [0.15, 0.2) is 0 Å². The number of fused-ring (bicyclic) bond motifs is 1. The fourth-order valence-corrected chi connectivity index (χ4v) is 5.79. The Morgan fingerprint density at radius 1 is 1.03 bits per heavy atom. The van der Waals surface area contributed by atoms with Crippen molar-refractivity contribution in [1.29, 1.82) is 0 Å². The maximum absolute atomic E-state index is 13.8. The van der Waals surface area contributed by atoms with E-state index in [1.807, 2.05) is 48.2 Å². The highest BCUT2D eigenvalue weighted by molar-refractivity contribution is 7.89. The number of rotatable bonds is 5. The predicted octanol–water partition coefficient (Wildman–Crippen LogP) is 4.66. The monoisotopic (exact) mass is 517 g/mol. The summed E-state index contributed by atoms with van der Waals surface area (Å²) in [6, 6.07) is 12.2. The van der Waals surface area contributed by atoms with Crippen molar-refractivity contribution in [3.05, 3.63) is 82.9 Å². The van der Waals surface area contributed by atoms with Crippen molar-refractivity contribution in [3.63, 3.8) is 0 Å². The van der Waals surface area contributed by atoms with Crippen molar-refractivity contribution in [1.82, 2.24) is 14.3 Å². The molecule has 0 saturated heterocycles. The first-order valence-electron chi connectivity index (χ1n) is 11.6. The molecule has 1 saturated carbocycles. The molecule has 3 aromatic rings. The number of anilines is 2. The van der Waals surface area contributed by atoms with Crippen molar-refractivity contribution < 1.29 is 21.6 Å². The summed E-state index contributed by atoms with van der Waals surface area (Å²) in [4.78, 5) is 10.6. The summed E-state index contributed by atoms with van der Waals surface area (Å²) in [5.41, 5.74) is 4.49. The number of benzene rings is 2. The van der Waals surface area contributed by atoms with Crippen LogP contribution in [-0.2, 0) is 23.1 Å². The van der Waals surface area contributed by atoms with Crippen LogP contribution < -0.4 is 10.6 Å². The molecule has 0 spiro atoms. The van der Waals surface area contributed by atoms with Crippen LogP contribution in [0.1, 0.15) is 52.9 Å². The van der Waals surface area contributed by atoms with Gasteiger partial charge in [0.2, 0.25) is 0 Å². The summed E-state index contributed by atoms with van der Waals surface area (Å²) >= 11 is 0. The van der Waals surface area contributed by atoms with Crippen LogP contribution in [0.25, 0.3) is 0 Å². The van der Waals surface area contributed by atoms with Gasteiger partial charge in [0.05, 0.1) is 30.7 Å². The topological polar surface area (TPSA) is 92.4 Å². The minimum Gasteiger partial charge on any atom is -0.396 e. The Morgan fingerprint density at radius 3 is 2.33 bits per heavy atom. The molecule has 1 aliphatic carbocycles. The molecule has 1 aliphatic heterocycles. The van der Waals surface area contributed by atoms with Gasteiger partial charge in [-0.05, 0) is 54.0 Å². The van der Waals surface area contributed by atoms with Crippen LogP contribution in [0.4, 0.5) is 24.5 Å². The first-order valence-corrected chi connectivity index (χ1v) is 13.1. The van der Waals surface area contributed by atoms with Crippen LogP contribution in [0, 0.1) is 6.92 Å². The number of hydrogen-bond donors (Lipinski definition) is 1. The maximum Gasteiger partial charge on any atom is 0.511 e. The van der Waals surface area contributed by atoms with E-state index in [1.54, 1.807) is 6.07 Å². The molecule has 2 N–H and O–H groups in total. The molecule has 1 fully saturated rings. The minimum atomic E-state index is -5.58. The highest BCUT2D eigenvalue weighted by Crippen LogP contribution is 2.47. The van der Waals surface area contributed by atoms with E-state index < -0.39 is 21.6 Å². The molecule has 1 atom stereocenters. The van der Waals surface area contributed by atoms with Gasteiger partial charge in [-0.3, -0.25) is 0 Å². The Hall–Kier alpha value is -3.18. The lowest BCUT2D eigenvalue weighted by molar-refractivity contribution is -0.0492. The standard InChI is InChI=1S/C25H26F3N5O2S/c1-16-5-2-3-6-19(16)23-14-32(36(34,35)25(26,27)28)13-21-20(17-9-10-17)7-4-8-22(21)33(23)15-24-30-11-18(29)12-31-24/h2-8,11-12,17,23H,9-10,13-15,29H2,1H3. The number of nitrogen functional groups attached to an aromatic ring is 1. The Balaban J connectivity index is 1.72. The minimum absolute atomic E-state index is 0.167. The van der Waals surface area contributed by atoms with Crippen LogP contribution >= 0.6 is 0 Å². The number of halogens is 3. The van der Waals surface area contributed by atoms with Gasteiger partial charge in [-0.25, -0.2) is 18.4 Å². The van der Waals surface area contributed by atoms with Crippen molar-refractivity contribution in [2.45, 2.75) is 50.3 Å². The zero-order valence-electron chi connectivity index (χ0n) is 19.6. The van der Waals surface area contributed by atoms with E-state index in [0.29, 0.717) is 27.1 Å². The highest BCUT2D eigenvalue weighted by atomic mass is 32.2. The summed E-state index contributed by atoms with van der Waals surface area (Å²) in [5.74, 6) is 0.637. The van der Waals surface area contributed by atoms with E-state index in [0.717, 1.165) is 29.5 Å². The van der Waals surface area contributed by atoms with Crippen LogP contribution in [0.2, 0.25) is 0 Å². The van der Waals surface area contributed by atoms with E-state index in [9.17, 15) is 21.6 Å². The molecule has 5 rings (SSSR count). The molecule has 1 aromatic heterocycles. The molecule has 0 amide bonds. The zero-order valence-corrected chi connectivity index (χ0v) is 20.4. The van der Waals surface area contributed by atoms with Crippen LogP contribution in [0.5, 0.6) is 0 Å². The second-order valence-corrected chi connectivity index (χ2v) is 11.2. The molecule has 2 heterocycles. The fraction of sp³-hybridized carbons (Fsp3) is 0.360. The number of hydrogen-bond acceptors (Lipinski definition) is 6. The van der Waals surface area contributed by atoms with Gasteiger partial charge in [-0.1, -0.05) is 36.4 Å². The van der Waals surface area contributed by atoms with Gasteiger partial charge in [0.25, 0.3) is 0 Å². The largest absolute Gasteiger partial charge is 0.511 e. The van der Waals surface area contributed by atoms with E-state index >= 15 is 0 Å². The van der Waals surface area contributed by atoms with Gasteiger partial charge < -0.3 is 10.6 Å². The third-order valence-corrected chi connectivity index (χ3v) is 8.36. The Labute approximate surface area is 207 Å². The number of nitrogens with two attached hydrogens (primary N) is 1. The normalized spacial score (nSPS) is 19.1. The summed E-state index contributed by atoms with van der Waals surface area (Å²) in [5, 5.41) is 0. The smallest absolute Gasteiger partial charge is 0.396 e. The van der Waals surface area contributed by atoms with Crippen LogP contribution in [0.3, 0.4) is 0 Å². The molecular weight excluding hydrogens is 491 g/mol. The SMILES string of the molecule is Cc1ccccc1C1CN(S(=O)(=O)C(F)(F)F)Cc2c(C3CC3)cccc2N1Cc1ncc(N)cn1. The Morgan fingerprint density at radius 2 is 1.69 bits per heavy atom. The van der Waals surface area contributed by atoms with Gasteiger partial charge >= 0.3 is 15.5 Å². The Bertz CT molecular complexity index is 1380. The van der Waals surface area contributed by atoms with E-state index in [-0.39, 0.29) is 25.6 Å². The lowest BCUT2D eigenvalue weighted by atomic mass is 9.97. The Kier molecular flexibility index (Phi) is 6.16. The number of sulfonamides is 1. The molecule has 0 radical (unpaired) electrons. The lowest BCUT2D eigenvalue weighted by Crippen LogP contribution is -2.43. The second-order valence-electron chi connectivity index (χ2n) is 9.30. The number of alkyl halides is 3. The quantitative estimate of drug-likeness (QED) is 0.529.